The number of anilines is 1. The number of carbonyl (C=O) groups is 1. The molecule has 4 nitrogen and oxygen atoms in total. The van der Waals surface area contributed by atoms with Crippen molar-refractivity contribution >= 4 is 22.5 Å². The lowest BCUT2D eigenvalue weighted by molar-refractivity contribution is 0.102. The van der Waals surface area contributed by atoms with E-state index >= 15 is 0 Å². The Morgan fingerprint density at radius 3 is 2.65 bits per heavy atom. The Morgan fingerprint density at radius 2 is 1.91 bits per heavy atom. The van der Waals surface area contributed by atoms with Gasteiger partial charge in [-0.05, 0) is 36.4 Å². The third kappa shape index (κ3) is 3.11. The van der Waals surface area contributed by atoms with Crippen LogP contribution in [0.5, 0.6) is 5.75 Å². The van der Waals surface area contributed by atoms with Crippen LogP contribution in [0.4, 0.5) is 14.5 Å². The largest absolute Gasteiger partial charge is 0.497 e. The minimum atomic E-state index is -0.844. The summed E-state index contributed by atoms with van der Waals surface area (Å²) in [6.45, 7) is 0. The van der Waals surface area contributed by atoms with Gasteiger partial charge in [0.15, 0.2) is 0 Å². The number of amides is 1. The van der Waals surface area contributed by atoms with Crippen LogP contribution >= 0.6 is 0 Å². The first-order chi connectivity index (χ1) is 11.1. The van der Waals surface area contributed by atoms with Gasteiger partial charge in [-0.15, -0.1) is 0 Å². The van der Waals surface area contributed by atoms with E-state index in [-0.39, 0.29) is 11.4 Å². The lowest BCUT2D eigenvalue weighted by Gasteiger charge is -2.07. The van der Waals surface area contributed by atoms with E-state index in [0.717, 1.165) is 17.5 Å². The standard InChI is InChI=1S/C17H12F2N2O2/c1-23-12-4-7-14-10(8-12)2-5-16(20-14)17(22)21-15-6-3-11(18)9-13(15)19/h2-9H,1H3,(H,21,22). The molecule has 0 saturated heterocycles. The summed E-state index contributed by atoms with van der Waals surface area (Å²) in [6.07, 6.45) is 0. The Labute approximate surface area is 130 Å². The molecular formula is C17H12F2N2O2. The van der Waals surface area contributed by atoms with Gasteiger partial charge >= 0.3 is 0 Å². The van der Waals surface area contributed by atoms with Crippen molar-refractivity contribution in [2.75, 3.05) is 12.4 Å². The van der Waals surface area contributed by atoms with Crippen LogP contribution in [-0.4, -0.2) is 18.0 Å². The predicted octanol–water partition coefficient (Wildman–Crippen LogP) is 3.77. The van der Waals surface area contributed by atoms with E-state index in [0.29, 0.717) is 17.3 Å². The number of methoxy groups -OCH3 is 1. The zero-order valence-electron chi connectivity index (χ0n) is 12.1. The van der Waals surface area contributed by atoms with E-state index in [4.69, 9.17) is 4.74 Å². The molecule has 0 atom stereocenters. The third-order valence-electron chi connectivity index (χ3n) is 3.31. The first-order valence-electron chi connectivity index (χ1n) is 6.78. The van der Waals surface area contributed by atoms with E-state index in [9.17, 15) is 13.6 Å². The van der Waals surface area contributed by atoms with E-state index in [2.05, 4.69) is 10.3 Å². The first kappa shape index (κ1) is 14.9. The van der Waals surface area contributed by atoms with Crippen molar-refractivity contribution in [1.29, 1.82) is 0 Å². The summed E-state index contributed by atoms with van der Waals surface area (Å²) in [5.74, 6) is -1.44. The van der Waals surface area contributed by atoms with Crippen LogP contribution in [0.15, 0.2) is 48.5 Å². The zero-order chi connectivity index (χ0) is 16.4. The van der Waals surface area contributed by atoms with Gasteiger partial charge in [-0.1, -0.05) is 6.07 Å². The van der Waals surface area contributed by atoms with Gasteiger partial charge in [0.1, 0.15) is 23.1 Å². The van der Waals surface area contributed by atoms with Crippen LogP contribution < -0.4 is 10.1 Å². The molecule has 0 radical (unpaired) electrons. The van der Waals surface area contributed by atoms with E-state index in [1.54, 1.807) is 31.4 Å². The first-order valence-corrected chi connectivity index (χ1v) is 6.78. The molecule has 1 aromatic heterocycles. The minimum absolute atomic E-state index is 0.104. The number of halogens is 2. The quantitative estimate of drug-likeness (QED) is 0.800. The second kappa shape index (κ2) is 6.00. The van der Waals surface area contributed by atoms with Gasteiger partial charge in [0.2, 0.25) is 0 Å². The second-order valence-electron chi connectivity index (χ2n) is 4.83. The SMILES string of the molecule is COc1ccc2nc(C(=O)Nc3ccc(F)cc3F)ccc2c1. The predicted molar refractivity (Wildman–Crippen MR) is 82.6 cm³/mol. The van der Waals surface area contributed by atoms with Gasteiger partial charge < -0.3 is 10.1 Å². The number of aromatic nitrogens is 1. The van der Waals surface area contributed by atoms with E-state index in [1.807, 2.05) is 0 Å². The molecule has 0 spiro atoms. The highest BCUT2D eigenvalue weighted by Gasteiger charge is 2.12. The van der Waals surface area contributed by atoms with Crippen molar-refractivity contribution < 1.29 is 18.3 Å². The van der Waals surface area contributed by atoms with Crippen molar-refractivity contribution in [2.24, 2.45) is 0 Å². The van der Waals surface area contributed by atoms with E-state index in [1.165, 1.54) is 6.07 Å². The molecule has 0 saturated carbocycles. The maximum Gasteiger partial charge on any atom is 0.274 e. The smallest absolute Gasteiger partial charge is 0.274 e. The summed E-state index contributed by atoms with van der Waals surface area (Å²) in [5.41, 5.74) is 0.637. The molecule has 1 amide bonds. The van der Waals surface area contributed by atoms with Gasteiger partial charge in [0.25, 0.3) is 5.91 Å². The monoisotopic (exact) mass is 314 g/mol. The highest BCUT2D eigenvalue weighted by Crippen LogP contribution is 2.20. The molecule has 0 aliphatic rings. The lowest BCUT2D eigenvalue weighted by atomic mass is 10.2. The van der Waals surface area contributed by atoms with Crippen molar-refractivity contribution in [3.63, 3.8) is 0 Å². The van der Waals surface area contributed by atoms with Gasteiger partial charge in [-0.2, -0.15) is 0 Å². The van der Waals surface area contributed by atoms with Crippen LogP contribution in [0, 0.1) is 11.6 Å². The number of benzene rings is 2. The normalized spacial score (nSPS) is 10.6. The molecule has 0 aliphatic carbocycles. The van der Waals surface area contributed by atoms with Gasteiger partial charge in [-0.3, -0.25) is 4.79 Å². The Hall–Kier alpha value is -3.02. The maximum atomic E-state index is 13.6. The van der Waals surface area contributed by atoms with Crippen molar-refractivity contribution in [1.82, 2.24) is 4.98 Å². The number of nitrogens with zero attached hydrogens (tertiary/aromatic N) is 1. The minimum Gasteiger partial charge on any atom is -0.497 e. The zero-order valence-corrected chi connectivity index (χ0v) is 12.1. The summed E-state index contributed by atoms with van der Waals surface area (Å²) in [4.78, 5) is 16.4. The Bertz CT molecular complexity index is 897. The fourth-order valence-electron chi connectivity index (χ4n) is 2.13. The topological polar surface area (TPSA) is 51.2 Å². The molecule has 0 fully saturated rings. The van der Waals surface area contributed by atoms with Crippen LogP contribution in [0.1, 0.15) is 10.5 Å². The number of carbonyl (C=O) groups excluding carboxylic acids is 1. The van der Waals surface area contributed by atoms with Crippen molar-refractivity contribution in [2.45, 2.75) is 0 Å². The Kier molecular flexibility index (Phi) is 3.89. The number of ether oxygens (including phenoxy) is 1. The molecule has 6 heteroatoms. The molecule has 0 aliphatic heterocycles. The Morgan fingerprint density at radius 1 is 1.09 bits per heavy atom. The summed E-state index contributed by atoms with van der Waals surface area (Å²) >= 11 is 0. The number of hydrogen-bond donors (Lipinski definition) is 1. The summed E-state index contributed by atoms with van der Waals surface area (Å²) in [6, 6.07) is 11.4. The summed E-state index contributed by atoms with van der Waals surface area (Å²) in [7, 11) is 1.56. The Balaban J connectivity index is 1.88. The number of rotatable bonds is 3. The van der Waals surface area contributed by atoms with Crippen molar-refractivity contribution in [3.05, 3.63) is 65.9 Å². The molecule has 3 rings (SSSR count). The molecule has 1 N–H and O–H groups in total. The second-order valence-corrected chi connectivity index (χ2v) is 4.83. The fourth-order valence-corrected chi connectivity index (χ4v) is 2.13. The maximum absolute atomic E-state index is 13.6. The number of hydrogen-bond acceptors (Lipinski definition) is 3. The highest BCUT2D eigenvalue weighted by atomic mass is 19.1. The molecule has 116 valence electrons. The molecule has 3 aromatic rings. The number of fused-ring (bicyclic) bond motifs is 1. The third-order valence-corrected chi connectivity index (χ3v) is 3.31. The van der Waals surface area contributed by atoms with E-state index < -0.39 is 17.5 Å². The molecular weight excluding hydrogens is 302 g/mol. The van der Waals surface area contributed by atoms with Gasteiger partial charge in [0.05, 0.1) is 18.3 Å². The lowest BCUT2D eigenvalue weighted by Crippen LogP contribution is -2.14. The van der Waals surface area contributed by atoms with Crippen molar-refractivity contribution in [3.8, 4) is 5.75 Å². The fraction of sp³-hybridized carbons (Fsp3) is 0.0588. The number of nitrogens with one attached hydrogen (secondary N) is 1. The summed E-state index contributed by atoms with van der Waals surface area (Å²) in [5, 5.41) is 3.19. The van der Waals surface area contributed by atoms with Gasteiger partial charge in [-0.25, -0.2) is 13.8 Å². The van der Waals surface area contributed by atoms with Crippen LogP contribution in [-0.2, 0) is 0 Å². The van der Waals surface area contributed by atoms with Crippen LogP contribution in [0.2, 0.25) is 0 Å². The average Bonchev–Trinajstić information content (AvgIpc) is 2.56. The molecule has 2 aromatic carbocycles. The molecule has 23 heavy (non-hydrogen) atoms. The van der Waals surface area contributed by atoms with Gasteiger partial charge in [0, 0.05) is 11.5 Å². The van der Waals surface area contributed by atoms with Crippen LogP contribution in [0.25, 0.3) is 10.9 Å². The molecule has 0 bridgehead atoms. The molecule has 1 heterocycles. The molecule has 0 unspecified atom stereocenters. The average molecular weight is 314 g/mol. The summed E-state index contributed by atoms with van der Waals surface area (Å²) < 4.78 is 31.6. The van der Waals surface area contributed by atoms with Crippen LogP contribution in [0.3, 0.4) is 0 Å². The number of pyridine rings is 1. The highest BCUT2D eigenvalue weighted by molar-refractivity contribution is 6.04.